The molecule has 1 aliphatic carbocycles. The van der Waals surface area contributed by atoms with Crippen molar-refractivity contribution in [3.63, 3.8) is 0 Å². The average Bonchev–Trinajstić information content (AvgIpc) is 2.45. The van der Waals surface area contributed by atoms with Crippen LogP contribution in [0.4, 0.5) is 0 Å². The summed E-state index contributed by atoms with van der Waals surface area (Å²) >= 11 is 0. The van der Waals surface area contributed by atoms with Crippen LogP contribution < -0.4 is 5.32 Å². The van der Waals surface area contributed by atoms with Crippen LogP contribution >= 0.6 is 0 Å². The van der Waals surface area contributed by atoms with Gasteiger partial charge in [-0.15, -0.1) is 0 Å². The Morgan fingerprint density at radius 3 is 2.83 bits per heavy atom. The van der Waals surface area contributed by atoms with Crippen LogP contribution in [0.3, 0.4) is 0 Å². The smallest absolute Gasteiger partial charge is 0.0299 e. The molecule has 0 saturated heterocycles. The Hall–Kier alpha value is -0.890. The Morgan fingerprint density at radius 2 is 2.17 bits per heavy atom. The number of nitrogens with one attached hydrogen (secondary N) is 1. The fraction of sp³-hybridized carbons (Fsp3) is 0.688. The van der Waals surface area contributed by atoms with Crippen molar-refractivity contribution in [2.24, 2.45) is 5.92 Å². The highest BCUT2D eigenvalue weighted by molar-refractivity contribution is 5.08. The highest BCUT2D eigenvalue weighted by Crippen LogP contribution is 2.28. The molecule has 100 valence electrons. The van der Waals surface area contributed by atoms with Gasteiger partial charge in [0, 0.05) is 18.4 Å². The molecule has 1 aliphatic rings. The summed E-state index contributed by atoms with van der Waals surface area (Å²) in [5, 5.41) is 3.50. The normalized spacial score (nSPS) is 18.7. The lowest BCUT2D eigenvalue weighted by Crippen LogP contribution is -2.29. The van der Waals surface area contributed by atoms with Gasteiger partial charge in [-0.25, -0.2) is 0 Å². The number of hydrogen-bond donors (Lipinski definition) is 1. The van der Waals surface area contributed by atoms with Crippen LogP contribution in [0.1, 0.15) is 50.5 Å². The minimum absolute atomic E-state index is 0.674. The van der Waals surface area contributed by atoms with Crippen molar-refractivity contribution >= 4 is 0 Å². The van der Waals surface area contributed by atoms with Gasteiger partial charge >= 0.3 is 0 Å². The van der Waals surface area contributed by atoms with Gasteiger partial charge < -0.3 is 5.32 Å². The number of pyridine rings is 1. The second-order valence-corrected chi connectivity index (χ2v) is 5.63. The second-order valence-electron chi connectivity index (χ2n) is 5.63. The van der Waals surface area contributed by atoms with Gasteiger partial charge in [-0.2, -0.15) is 0 Å². The van der Waals surface area contributed by atoms with E-state index >= 15 is 0 Å². The first-order valence-electron chi connectivity index (χ1n) is 7.44. The molecule has 0 spiro atoms. The molecule has 2 nitrogen and oxygen atoms in total. The Bertz CT molecular complexity index is 317. The number of aryl methyl sites for hydroxylation is 1. The van der Waals surface area contributed by atoms with E-state index in [0.29, 0.717) is 6.04 Å². The van der Waals surface area contributed by atoms with Crippen molar-refractivity contribution in [1.82, 2.24) is 10.3 Å². The van der Waals surface area contributed by atoms with Crippen molar-refractivity contribution in [2.75, 3.05) is 7.05 Å². The van der Waals surface area contributed by atoms with Crippen LogP contribution in [0.25, 0.3) is 0 Å². The molecule has 1 aromatic rings. The topological polar surface area (TPSA) is 24.9 Å². The molecule has 0 amide bonds. The minimum Gasteiger partial charge on any atom is -0.317 e. The van der Waals surface area contributed by atoms with E-state index in [1.807, 2.05) is 18.5 Å². The molecular formula is C16H26N2. The number of nitrogens with zero attached hydrogens (tertiary/aromatic N) is 1. The zero-order valence-corrected chi connectivity index (χ0v) is 11.6. The molecule has 1 saturated carbocycles. The van der Waals surface area contributed by atoms with Crippen LogP contribution in [-0.4, -0.2) is 18.1 Å². The third-order valence-electron chi connectivity index (χ3n) is 4.26. The summed E-state index contributed by atoms with van der Waals surface area (Å²) < 4.78 is 0. The standard InChI is InChI=1S/C16H26N2/c1-17-16(12-14-6-3-2-4-7-14)10-9-15-8-5-11-18-13-15/h5,8,11,13-14,16-17H,2-4,6-7,9-10,12H2,1H3. The molecule has 18 heavy (non-hydrogen) atoms. The number of rotatable bonds is 6. The molecule has 0 aliphatic heterocycles. The average molecular weight is 246 g/mol. The summed E-state index contributed by atoms with van der Waals surface area (Å²) in [6, 6.07) is 4.89. The van der Waals surface area contributed by atoms with Gasteiger partial charge in [0.05, 0.1) is 0 Å². The van der Waals surface area contributed by atoms with Gasteiger partial charge in [0.2, 0.25) is 0 Å². The number of aromatic nitrogens is 1. The Morgan fingerprint density at radius 1 is 1.33 bits per heavy atom. The number of hydrogen-bond acceptors (Lipinski definition) is 2. The van der Waals surface area contributed by atoms with E-state index in [1.165, 1.54) is 50.5 Å². The van der Waals surface area contributed by atoms with Crippen molar-refractivity contribution < 1.29 is 0 Å². The molecule has 1 fully saturated rings. The SMILES string of the molecule is CNC(CCc1cccnc1)CC1CCCCC1. The molecule has 2 rings (SSSR count). The van der Waals surface area contributed by atoms with Crippen LogP contribution in [0.2, 0.25) is 0 Å². The third-order valence-corrected chi connectivity index (χ3v) is 4.26. The van der Waals surface area contributed by atoms with E-state index in [4.69, 9.17) is 0 Å². The predicted molar refractivity (Wildman–Crippen MR) is 76.6 cm³/mol. The van der Waals surface area contributed by atoms with Gasteiger partial charge in [-0.1, -0.05) is 38.2 Å². The third kappa shape index (κ3) is 4.41. The first kappa shape index (κ1) is 13.5. The maximum atomic E-state index is 4.18. The van der Waals surface area contributed by atoms with Gasteiger partial charge in [0.1, 0.15) is 0 Å². The van der Waals surface area contributed by atoms with Crippen LogP contribution in [0, 0.1) is 5.92 Å². The van der Waals surface area contributed by atoms with E-state index in [2.05, 4.69) is 23.4 Å². The van der Waals surface area contributed by atoms with E-state index in [-0.39, 0.29) is 0 Å². The highest BCUT2D eigenvalue weighted by atomic mass is 14.9. The fourth-order valence-corrected chi connectivity index (χ4v) is 3.09. The molecule has 1 heterocycles. The molecule has 0 bridgehead atoms. The monoisotopic (exact) mass is 246 g/mol. The lowest BCUT2D eigenvalue weighted by molar-refractivity contribution is 0.297. The molecule has 1 unspecified atom stereocenters. The van der Waals surface area contributed by atoms with Gasteiger partial charge in [-0.05, 0) is 43.9 Å². The van der Waals surface area contributed by atoms with Crippen molar-refractivity contribution in [3.8, 4) is 0 Å². The summed E-state index contributed by atoms with van der Waals surface area (Å²) in [5.74, 6) is 0.963. The Balaban J connectivity index is 1.74. The van der Waals surface area contributed by atoms with E-state index in [1.54, 1.807) is 0 Å². The fourth-order valence-electron chi connectivity index (χ4n) is 3.09. The maximum Gasteiger partial charge on any atom is 0.0299 e. The quantitative estimate of drug-likeness (QED) is 0.830. The summed E-state index contributed by atoms with van der Waals surface area (Å²) in [5.41, 5.74) is 1.36. The lowest BCUT2D eigenvalue weighted by atomic mass is 9.84. The van der Waals surface area contributed by atoms with Gasteiger partial charge in [-0.3, -0.25) is 4.98 Å². The molecule has 2 heteroatoms. The Labute approximate surface area is 111 Å². The lowest BCUT2D eigenvalue weighted by Gasteiger charge is -2.26. The van der Waals surface area contributed by atoms with E-state index in [0.717, 1.165) is 12.3 Å². The first-order chi connectivity index (χ1) is 8.88. The van der Waals surface area contributed by atoms with Gasteiger partial charge in [0.25, 0.3) is 0 Å². The zero-order valence-electron chi connectivity index (χ0n) is 11.6. The predicted octanol–water partition coefficient (Wildman–Crippen LogP) is 3.57. The summed E-state index contributed by atoms with van der Waals surface area (Å²) in [4.78, 5) is 4.18. The van der Waals surface area contributed by atoms with Crippen LogP contribution in [-0.2, 0) is 6.42 Å². The van der Waals surface area contributed by atoms with Crippen molar-refractivity contribution in [2.45, 2.75) is 57.4 Å². The minimum atomic E-state index is 0.674. The molecule has 1 aromatic heterocycles. The summed E-state index contributed by atoms with van der Waals surface area (Å²) in [7, 11) is 2.11. The van der Waals surface area contributed by atoms with E-state index in [9.17, 15) is 0 Å². The summed E-state index contributed by atoms with van der Waals surface area (Å²) in [6.07, 6.45) is 14.8. The van der Waals surface area contributed by atoms with Crippen molar-refractivity contribution in [3.05, 3.63) is 30.1 Å². The van der Waals surface area contributed by atoms with Crippen LogP contribution in [0.5, 0.6) is 0 Å². The molecular weight excluding hydrogens is 220 g/mol. The highest BCUT2D eigenvalue weighted by Gasteiger charge is 2.17. The second kappa shape index (κ2) is 7.52. The molecule has 0 radical (unpaired) electrons. The first-order valence-corrected chi connectivity index (χ1v) is 7.44. The Kier molecular flexibility index (Phi) is 5.66. The molecule has 1 N–H and O–H groups in total. The molecule has 0 aromatic carbocycles. The largest absolute Gasteiger partial charge is 0.317 e. The zero-order chi connectivity index (χ0) is 12.6. The molecule has 1 atom stereocenters. The summed E-state index contributed by atoms with van der Waals surface area (Å²) in [6.45, 7) is 0. The maximum absolute atomic E-state index is 4.18. The van der Waals surface area contributed by atoms with E-state index < -0.39 is 0 Å². The van der Waals surface area contributed by atoms with Crippen molar-refractivity contribution in [1.29, 1.82) is 0 Å². The van der Waals surface area contributed by atoms with Gasteiger partial charge in [0.15, 0.2) is 0 Å². The van der Waals surface area contributed by atoms with Crippen LogP contribution in [0.15, 0.2) is 24.5 Å².